The zero-order valence-corrected chi connectivity index (χ0v) is 17.6. The second kappa shape index (κ2) is 8.12. The molecule has 0 radical (unpaired) electrons. The summed E-state index contributed by atoms with van der Waals surface area (Å²) in [5.74, 6) is -0.159. The Hall–Kier alpha value is -1.71. The van der Waals surface area contributed by atoms with Crippen molar-refractivity contribution in [1.82, 2.24) is 19.4 Å². The molecular formula is C18H26N4O3S2. The fourth-order valence-corrected chi connectivity index (χ4v) is 6.13. The SMILES string of the molecule is Cc1cc(C)n(CC(C)CNC(=O)c2sccc2S(=O)(=O)N2CCCC2)n1. The van der Waals surface area contributed by atoms with Gasteiger partial charge in [-0.1, -0.05) is 6.92 Å². The standard InChI is InChI=1S/C18H26N4O3S2/c1-13(12-22-15(3)10-14(2)20-22)11-19-18(23)17-16(6-9-26-17)27(24,25)21-7-4-5-8-21/h6,9-10,13H,4-5,7-8,11-12H2,1-3H3,(H,19,23). The first-order chi connectivity index (χ1) is 12.8. The Bertz CT molecular complexity index is 911. The number of rotatable bonds is 7. The van der Waals surface area contributed by atoms with Gasteiger partial charge in [0.1, 0.15) is 9.77 Å². The van der Waals surface area contributed by atoms with Crippen molar-refractivity contribution < 1.29 is 13.2 Å². The maximum Gasteiger partial charge on any atom is 0.262 e. The summed E-state index contributed by atoms with van der Waals surface area (Å²) >= 11 is 1.17. The summed E-state index contributed by atoms with van der Waals surface area (Å²) in [6, 6.07) is 3.55. The summed E-state index contributed by atoms with van der Waals surface area (Å²) in [5.41, 5.74) is 2.06. The minimum absolute atomic E-state index is 0.123. The summed E-state index contributed by atoms with van der Waals surface area (Å²) in [6.07, 6.45) is 1.74. The highest BCUT2D eigenvalue weighted by atomic mass is 32.2. The Morgan fingerprint density at radius 2 is 2.04 bits per heavy atom. The van der Waals surface area contributed by atoms with Crippen molar-refractivity contribution >= 4 is 27.3 Å². The van der Waals surface area contributed by atoms with E-state index in [1.54, 1.807) is 5.38 Å². The number of hydrogen-bond donors (Lipinski definition) is 1. The van der Waals surface area contributed by atoms with Crippen molar-refractivity contribution in [3.8, 4) is 0 Å². The third-order valence-corrected chi connectivity index (χ3v) is 7.70. The van der Waals surface area contributed by atoms with Gasteiger partial charge in [0, 0.05) is 31.9 Å². The molecule has 7 nitrogen and oxygen atoms in total. The molecule has 1 aliphatic heterocycles. The van der Waals surface area contributed by atoms with Gasteiger partial charge >= 0.3 is 0 Å². The first-order valence-electron chi connectivity index (χ1n) is 9.16. The predicted octanol–water partition coefficient (Wildman–Crippen LogP) is 2.41. The number of hydrogen-bond acceptors (Lipinski definition) is 5. The molecule has 3 rings (SSSR count). The number of nitrogens with one attached hydrogen (secondary N) is 1. The fourth-order valence-electron chi connectivity index (χ4n) is 3.30. The first kappa shape index (κ1) is 20.0. The summed E-state index contributed by atoms with van der Waals surface area (Å²) in [6.45, 7) is 8.20. The Morgan fingerprint density at radius 1 is 1.33 bits per heavy atom. The lowest BCUT2D eigenvalue weighted by Crippen LogP contribution is -2.32. The van der Waals surface area contributed by atoms with Crippen LogP contribution in [0.25, 0.3) is 0 Å². The highest BCUT2D eigenvalue weighted by Crippen LogP contribution is 2.27. The molecule has 0 spiro atoms. The van der Waals surface area contributed by atoms with Crippen molar-refractivity contribution in [1.29, 1.82) is 0 Å². The molecule has 0 aromatic carbocycles. The van der Waals surface area contributed by atoms with Gasteiger partial charge in [-0.25, -0.2) is 8.42 Å². The van der Waals surface area contributed by atoms with Crippen LogP contribution in [0.5, 0.6) is 0 Å². The molecule has 9 heteroatoms. The molecule has 148 valence electrons. The third-order valence-electron chi connectivity index (χ3n) is 4.72. The molecule has 2 aromatic heterocycles. The van der Waals surface area contributed by atoms with Gasteiger partial charge in [0.05, 0.1) is 5.69 Å². The van der Waals surface area contributed by atoms with Crippen LogP contribution in [0.4, 0.5) is 0 Å². The molecule has 27 heavy (non-hydrogen) atoms. The number of aromatic nitrogens is 2. The van der Waals surface area contributed by atoms with E-state index in [0.717, 1.165) is 24.2 Å². The van der Waals surface area contributed by atoms with Crippen LogP contribution in [-0.4, -0.2) is 48.0 Å². The minimum Gasteiger partial charge on any atom is -0.351 e. The molecule has 0 saturated carbocycles. The van der Waals surface area contributed by atoms with Crippen molar-refractivity contribution in [2.75, 3.05) is 19.6 Å². The van der Waals surface area contributed by atoms with E-state index in [4.69, 9.17) is 0 Å². The predicted molar refractivity (Wildman–Crippen MR) is 106 cm³/mol. The average Bonchev–Trinajstić information content (AvgIpc) is 3.34. The number of sulfonamides is 1. The van der Waals surface area contributed by atoms with E-state index in [1.807, 2.05) is 31.5 Å². The van der Waals surface area contributed by atoms with Crippen molar-refractivity contribution in [3.05, 3.63) is 33.8 Å². The van der Waals surface area contributed by atoms with E-state index in [-0.39, 0.29) is 21.6 Å². The molecule has 1 fully saturated rings. The summed E-state index contributed by atoms with van der Waals surface area (Å²) in [5, 5.41) is 8.98. The second-order valence-corrected chi connectivity index (χ2v) is 9.97. The zero-order valence-electron chi connectivity index (χ0n) is 15.9. The molecule has 1 aliphatic rings. The molecular weight excluding hydrogens is 384 g/mol. The molecule has 1 unspecified atom stereocenters. The molecule has 1 N–H and O–H groups in total. The van der Waals surface area contributed by atoms with Crippen molar-refractivity contribution in [2.45, 2.75) is 45.1 Å². The Balaban J connectivity index is 1.63. The van der Waals surface area contributed by atoms with E-state index in [2.05, 4.69) is 10.4 Å². The Labute approximate surface area is 164 Å². The fraction of sp³-hybridized carbons (Fsp3) is 0.556. The van der Waals surface area contributed by atoms with Gasteiger partial charge in [-0.15, -0.1) is 11.3 Å². The first-order valence-corrected chi connectivity index (χ1v) is 11.5. The van der Waals surface area contributed by atoms with Gasteiger partial charge in [-0.05, 0) is 50.1 Å². The number of nitrogens with zero attached hydrogens (tertiary/aromatic N) is 3. The van der Waals surface area contributed by atoms with Crippen LogP contribution in [-0.2, 0) is 16.6 Å². The third kappa shape index (κ3) is 4.41. The molecule has 1 atom stereocenters. The number of aryl methyl sites for hydroxylation is 2. The average molecular weight is 411 g/mol. The maximum absolute atomic E-state index is 12.8. The molecule has 2 aromatic rings. The van der Waals surface area contributed by atoms with Crippen LogP contribution < -0.4 is 5.32 Å². The van der Waals surface area contributed by atoms with Crippen LogP contribution in [0.3, 0.4) is 0 Å². The number of amides is 1. The normalized spacial score (nSPS) is 16.6. The maximum atomic E-state index is 12.8. The smallest absolute Gasteiger partial charge is 0.262 e. The largest absolute Gasteiger partial charge is 0.351 e. The number of carbonyl (C=O) groups excluding carboxylic acids is 1. The summed E-state index contributed by atoms with van der Waals surface area (Å²) in [7, 11) is -3.59. The van der Waals surface area contributed by atoms with Crippen LogP contribution in [0.2, 0.25) is 0 Å². The van der Waals surface area contributed by atoms with E-state index >= 15 is 0 Å². The van der Waals surface area contributed by atoms with Crippen LogP contribution in [0.15, 0.2) is 22.4 Å². The lowest BCUT2D eigenvalue weighted by atomic mass is 10.2. The molecule has 1 amide bonds. The van der Waals surface area contributed by atoms with Gasteiger partial charge in [0.15, 0.2) is 0 Å². The Morgan fingerprint density at radius 3 is 2.67 bits per heavy atom. The van der Waals surface area contributed by atoms with E-state index in [0.29, 0.717) is 26.2 Å². The highest BCUT2D eigenvalue weighted by Gasteiger charge is 2.31. The lowest BCUT2D eigenvalue weighted by molar-refractivity contribution is 0.0947. The van der Waals surface area contributed by atoms with Gasteiger partial charge in [0.25, 0.3) is 5.91 Å². The molecule has 3 heterocycles. The van der Waals surface area contributed by atoms with Crippen LogP contribution in [0.1, 0.15) is 40.8 Å². The van der Waals surface area contributed by atoms with E-state index in [9.17, 15) is 13.2 Å². The summed E-state index contributed by atoms with van der Waals surface area (Å²) in [4.78, 5) is 13.0. The lowest BCUT2D eigenvalue weighted by Gasteiger charge is -2.16. The quantitative estimate of drug-likeness (QED) is 0.760. The number of thiophene rings is 1. The zero-order chi connectivity index (χ0) is 19.6. The molecule has 1 saturated heterocycles. The second-order valence-electron chi connectivity index (χ2n) is 7.15. The molecule has 0 aliphatic carbocycles. The van der Waals surface area contributed by atoms with Crippen LogP contribution >= 0.6 is 11.3 Å². The monoisotopic (exact) mass is 410 g/mol. The topological polar surface area (TPSA) is 84.3 Å². The van der Waals surface area contributed by atoms with Gasteiger partial charge in [0.2, 0.25) is 10.0 Å². The van der Waals surface area contributed by atoms with Crippen molar-refractivity contribution in [3.63, 3.8) is 0 Å². The summed E-state index contributed by atoms with van der Waals surface area (Å²) < 4.78 is 29.0. The van der Waals surface area contributed by atoms with E-state index < -0.39 is 10.0 Å². The minimum atomic E-state index is -3.59. The van der Waals surface area contributed by atoms with Gasteiger partial charge < -0.3 is 5.32 Å². The molecule has 0 bridgehead atoms. The van der Waals surface area contributed by atoms with Gasteiger partial charge in [-0.3, -0.25) is 9.48 Å². The Kier molecular flexibility index (Phi) is 6.02. The number of carbonyl (C=O) groups is 1. The van der Waals surface area contributed by atoms with Crippen molar-refractivity contribution in [2.24, 2.45) is 5.92 Å². The highest BCUT2D eigenvalue weighted by molar-refractivity contribution is 7.89. The van der Waals surface area contributed by atoms with Gasteiger partial charge in [-0.2, -0.15) is 9.40 Å². The van der Waals surface area contributed by atoms with E-state index in [1.165, 1.54) is 21.7 Å². The van der Waals surface area contributed by atoms with Crippen LogP contribution in [0, 0.1) is 19.8 Å².